The summed E-state index contributed by atoms with van der Waals surface area (Å²) in [7, 11) is 1.73. The van der Waals surface area contributed by atoms with Crippen molar-refractivity contribution in [3.63, 3.8) is 0 Å². The van der Waals surface area contributed by atoms with E-state index in [2.05, 4.69) is 6.58 Å². The highest BCUT2D eigenvalue weighted by Gasteiger charge is 2.16. The van der Waals surface area contributed by atoms with Crippen molar-refractivity contribution < 1.29 is 9.53 Å². The van der Waals surface area contributed by atoms with Crippen LogP contribution in [0.25, 0.3) is 0 Å². The molecule has 1 aromatic rings. The maximum absolute atomic E-state index is 11.8. The van der Waals surface area contributed by atoms with Gasteiger partial charge in [0.05, 0.1) is 12.6 Å². The number of likely N-dealkylation sites (N-methyl/N-ethyl adjacent to an activating group) is 1. The molecule has 0 aromatic heterocycles. The van der Waals surface area contributed by atoms with E-state index in [1.807, 2.05) is 31.2 Å². The van der Waals surface area contributed by atoms with Crippen LogP contribution in [-0.4, -0.2) is 37.0 Å². The second-order valence-electron chi connectivity index (χ2n) is 4.50. The molecule has 1 unspecified atom stereocenters. The summed E-state index contributed by atoms with van der Waals surface area (Å²) in [6.07, 6.45) is 2.14. The molecule has 0 aliphatic carbocycles. The summed E-state index contributed by atoms with van der Waals surface area (Å²) in [4.78, 5) is 13.4. The zero-order valence-electron chi connectivity index (χ0n) is 11.6. The Morgan fingerprint density at radius 1 is 1.53 bits per heavy atom. The lowest BCUT2D eigenvalue weighted by atomic mass is 10.2. The van der Waals surface area contributed by atoms with Crippen molar-refractivity contribution in [1.82, 2.24) is 4.90 Å². The molecule has 0 bridgehead atoms. The number of carbonyl (C=O) groups excluding carboxylic acids is 1. The summed E-state index contributed by atoms with van der Waals surface area (Å²) >= 11 is 0. The largest absolute Gasteiger partial charge is 0.491 e. The second-order valence-corrected chi connectivity index (χ2v) is 4.50. The Morgan fingerprint density at radius 2 is 2.21 bits per heavy atom. The maximum Gasteiger partial charge on any atom is 0.239 e. The van der Waals surface area contributed by atoms with Gasteiger partial charge in [0.2, 0.25) is 5.91 Å². The predicted molar refractivity (Wildman–Crippen MR) is 77.1 cm³/mol. The van der Waals surface area contributed by atoms with E-state index in [0.29, 0.717) is 19.6 Å². The van der Waals surface area contributed by atoms with Crippen LogP contribution in [0.3, 0.4) is 0 Å². The van der Waals surface area contributed by atoms with Crippen molar-refractivity contribution in [3.05, 3.63) is 42.5 Å². The monoisotopic (exact) mass is 262 g/mol. The lowest BCUT2D eigenvalue weighted by Crippen LogP contribution is -2.42. The maximum atomic E-state index is 11.8. The highest BCUT2D eigenvalue weighted by molar-refractivity contribution is 5.81. The molecule has 0 aliphatic heterocycles. The number of ether oxygens (including phenoxy) is 1. The van der Waals surface area contributed by atoms with Crippen LogP contribution in [0.1, 0.15) is 12.0 Å². The van der Waals surface area contributed by atoms with Gasteiger partial charge in [-0.25, -0.2) is 0 Å². The predicted octanol–water partition coefficient (Wildman–Crippen LogP) is 1.74. The highest BCUT2D eigenvalue weighted by Crippen LogP contribution is 2.15. The molecule has 4 heteroatoms. The molecule has 1 aromatic carbocycles. The lowest BCUT2D eigenvalue weighted by molar-refractivity contribution is -0.131. The number of nitrogens with two attached hydrogens (primary N) is 1. The first kappa shape index (κ1) is 15.2. The van der Waals surface area contributed by atoms with Crippen LogP contribution in [0.4, 0.5) is 0 Å². The first-order chi connectivity index (χ1) is 9.06. The molecular weight excluding hydrogens is 240 g/mol. The molecule has 104 valence electrons. The topological polar surface area (TPSA) is 55.6 Å². The van der Waals surface area contributed by atoms with Crippen molar-refractivity contribution in [2.24, 2.45) is 5.73 Å². The number of hydrogen-bond acceptors (Lipinski definition) is 3. The number of nitrogens with zero attached hydrogens (tertiary/aromatic N) is 1. The fourth-order valence-electron chi connectivity index (χ4n) is 1.68. The zero-order valence-corrected chi connectivity index (χ0v) is 11.6. The van der Waals surface area contributed by atoms with Gasteiger partial charge in [0, 0.05) is 7.05 Å². The van der Waals surface area contributed by atoms with E-state index in [-0.39, 0.29) is 5.91 Å². The minimum absolute atomic E-state index is 0.0896. The van der Waals surface area contributed by atoms with Crippen LogP contribution < -0.4 is 10.5 Å². The van der Waals surface area contributed by atoms with Crippen molar-refractivity contribution in [2.45, 2.75) is 19.4 Å². The molecule has 4 nitrogen and oxygen atoms in total. The minimum Gasteiger partial charge on any atom is -0.491 e. The van der Waals surface area contributed by atoms with E-state index in [1.165, 1.54) is 0 Å². The Morgan fingerprint density at radius 3 is 2.84 bits per heavy atom. The van der Waals surface area contributed by atoms with Crippen molar-refractivity contribution in [3.8, 4) is 5.75 Å². The van der Waals surface area contributed by atoms with Crippen molar-refractivity contribution in [2.75, 3.05) is 20.2 Å². The molecule has 1 amide bonds. The molecular formula is C15H22N2O2. The Balaban J connectivity index is 2.38. The Bertz CT molecular complexity index is 432. The third-order valence-corrected chi connectivity index (χ3v) is 2.89. The summed E-state index contributed by atoms with van der Waals surface area (Å²) in [5, 5.41) is 0. The van der Waals surface area contributed by atoms with E-state index in [9.17, 15) is 4.79 Å². The number of carbonyl (C=O) groups is 1. The van der Waals surface area contributed by atoms with Gasteiger partial charge in [0.25, 0.3) is 0 Å². The number of rotatable bonds is 7. The standard InChI is InChI=1S/C15H22N2O2/c1-4-7-13(16)15(18)17(3)10-11-19-14-9-6-5-8-12(14)2/h4-6,8-9,13H,1,7,10-11,16H2,2-3H3. The Hall–Kier alpha value is -1.81. The number of para-hydroxylation sites is 1. The van der Waals surface area contributed by atoms with E-state index in [4.69, 9.17) is 10.5 Å². The number of amides is 1. The van der Waals surface area contributed by atoms with E-state index >= 15 is 0 Å². The van der Waals surface area contributed by atoms with Gasteiger partial charge in [-0.3, -0.25) is 4.79 Å². The first-order valence-corrected chi connectivity index (χ1v) is 6.36. The third-order valence-electron chi connectivity index (χ3n) is 2.89. The fraction of sp³-hybridized carbons (Fsp3) is 0.400. The van der Waals surface area contributed by atoms with Gasteiger partial charge in [0.1, 0.15) is 12.4 Å². The summed E-state index contributed by atoms with van der Waals surface area (Å²) in [6, 6.07) is 7.29. The van der Waals surface area contributed by atoms with E-state index < -0.39 is 6.04 Å². The number of benzene rings is 1. The Kier molecular flexibility index (Phi) is 6.09. The van der Waals surface area contributed by atoms with Gasteiger partial charge < -0.3 is 15.4 Å². The molecule has 0 fully saturated rings. The smallest absolute Gasteiger partial charge is 0.239 e. The molecule has 0 radical (unpaired) electrons. The van der Waals surface area contributed by atoms with Gasteiger partial charge in [-0.05, 0) is 25.0 Å². The molecule has 0 spiro atoms. The molecule has 0 aliphatic rings. The number of aryl methyl sites for hydroxylation is 1. The lowest BCUT2D eigenvalue weighted by Gasteiger charge is -2.21. The van der Waals surface area contributed by atoms with Crippen LogP contribution in [0.2, 0.25) is 0 Å². The fourth-order valence-corrected chi connectivity index (χ4v) is 1.68. The van der Waals surface area contributed by atoms with Crippen LogP contribution in [0.5, 0.6) is 5.75 Å². The van der Waals surface area contributed by atoms with Gasteiger partial charge in [-0.1, -0.05) is 24.3 Å². The van der Waals surface area contributed by atoms with E-state index in [1.54, 1.807) is 18.0 Å². The normalized spacial score (nSPS) is 11.7. The van der Waals surface area contributed by atoms with Crippen molar-refractivity contribution in [1.29, 1.82) is 0 Å². The third kappa shape index (κ3) is 4.75. The molecule has 2 N–H and O–H groups in total. The summed E-state index contributed by atoms with van der Waals surface area (Å²) in [5.74, 6) is 0.757. The average Bonchev–Trinajstić information content (AvgIpc) is 2.40. The highest BCUT2D eigenvalue weighted by atomic mass is 16.5. The second kappa shape index (κ2) is 7.59. The first-order valence-electron chi connectivity index (χ1n) is 6.36. The minimum atomic E-state index is -0.513. The van der Waals surface area contributed by atoms with Crippen LogP contribution in [0.15, 0.2) is 36.9 Å². The van der Waals surface area contributed by atoms with E-state index in [0.717, 1.165) is 11.3 Å². The van der Waals surface area contributed by atoms with Crippen LogP contribution >= 0.6 is 0 Å². The quantitative estimate of drug-likeness (QED) is 0.761. The average molecular weight is 262 g/mol. The molecule has 19 heavy (non-hydrogen) atoms. The number of hydrogen-bond donors (Lipinski definition) is 1. The summed E-state index contributed by atoms with van der Waals surface area (Å²) in [5.41, 5.74) is 6.82. The SMILES string of the molecule is C=CCC(N)C(=O)N(C)CCOc1ccccc1C. The summed E-state index contributed by atoms with van der Waals surface area (Å²) in [6.45, 7) is 6.53. The van der Waals surface area contributed by atoms with Gasteiger partial charge >= 0.3 is 0 Å². The van der Waals surface area contributed by atoms with Gasteiger partial charge in [-0.2, -0.15) is 0 Å². The molecule has 1 atom stereocenters. The molecule has 0 heterocycles. The summed E-state index contributed by atoms with van der Waals surface area (Å²) < 4.78 is 5.64. The van der Waals surface area contributed by atoms with Gasteiger partial charge in [-0.15, -0.1) is 6.58 Å². The molecule has 0 saturated carbocycles. The van der Waals surface area contributed by atoms with Crippen molar-refractivity contribution >= 4 is 5.91 Å². The van der Waals surface area contributed by atoms with Crippen LogP contribution in [0, 0.1) is 6.92 Å². The van der Waals surface area contributed by atoms with Crippen LogP contribution in [-0.2, 0) is 4.79 Å². The Labute approximate surface area is 114 Å². The van der Waals surface area contributed by atoms with Gasteiger partial charge in [0.15, 0.2) is 0 Å². The molecule has 1 rings (SSSR count). The zero-order chi connectivity index (χ0) is 14.3. The molecule has 0 saturated heterocycles.